The SMILES string of the molecule is CC(SCC(=O)Nc1ccc(F)cc1)C(=O)NC(C)(C)CCC(=O)O. The number of anilines is 1. The Labute approximate surface area is 150 Å². The molecule has 0 saturated heterocycles. The summed E-state index contributed by atoms with van der Waals surface area (Å²) in [5.41, 5.74) is -0.153. The molecule has 1 atom stereocenters. The minimum Gasteiger partial charge on any atom is -0.481 e. The predicted octanol–water partition coefficient (Wildman–Crippen LogP) is 2.65. The van der Waals surface area contributed by atoms with E-state index in [0.29, 0.717) is 12.1 Å². The van der Waals surface area contributed by atoms with Crippen LogP contribution in [0.25, 0.3) is 0 Å². The third kappa shape index (κ3) is 8.53. The fourth-order valence-electron chi connectivity index (χ4n) is 1.92. The van der Waals surface area contributed by atoms with Crippen molar-refractivity contribution in [2.45, 2.75) is 44.4 Å². The second-order valence-electron chi connectivity index (χ2n) is 6.28. The molecule has 2 amide bonds. The van der Waals surface area contributed by atoms with Crippen molar-refractivity contribution >= 4 is 35.2 Å². The van der Waals surface area contributed by atoms with Crippen molar-refractivity contribution in [3.8, 4) is 0 Å². The Bertz CT molecular complexity index is 620. The van der Waals surface area contributed by atoms with E-state index >= 15 is 0 Å². The fraction of sp³-hybridized carbons (Fsp3) is 0.471. The van der Waals surface area contributed by atoms with Gasteiger partial charge < -0.3 is 15.7 Å². The van der Waals surface area contributed by atoms with Crippen LogP contribution in [-0.4, -0.2) is 39.4 Å². The molecule has 25 heavy (non-hydrogen) atoms. The van der Waals surface area contributed by atoms with Gasteiger partial charge in [-0.15, -0.1) is 11.8 Å². The number of amides is 2. The third-order valence-corrected chi connectivity index (χ3v) is 4.53. The molecule has 0 fully saturated rings. The number of thioether (sulfide) groups is 1. The summed E-state index contributed by atoms with van der Waals surface area (Å²) < 4.78 is 12.8. The standard InChI is InChI=1S/C17H23FN2O4S/c1-11(16(24)20-17(2,3)9-8-15(22)23)25-10-14(21)19-13-6-4-12(18)5-7-13/h4-7,11H,8-10H2,1-3H3,(H,19,21)(H,20,24)(H,22,23). The van der Waals surface area contributed by atoms with Crippen LogP contribution in [0, 0.1) is 5.82 Å². The zero-order valence-corrected chi connectivity index (χ0v) is 15.3. The zero-order chi connectivity index (χ0) is 19.0. The van der Waals surface area contributed by atoms with Gasteiger partial charge in [0.2, 0.25) is 11.8 Å². The maximum Gasteiger partial charge on any atom is 0.303 e. The van der Waals surface area contributed by atoms with E-state index in [1.807, 2.05) is 0 Å². The van der Waals surface area contributed by atoms with E-state index in [1.165, 1.54) is 36.0 Å². The average molecular weight is 370 g/mol. The first-order valence-corrected chi connectivity index (χ1v) is 8.85. The lowest BCUT2D eigenvalue weighted by atomic mass is 9.98. The number of benzene rings is 1. The van der Waals surface area contributed by atoms with Gasteiger partial charge in [-0.25, -0.2) is 4.39 Å². The molecular formula is C17H23FN2O4S. The van der Waals surface area contributed by atoms with Crippen LogP contribution in [0.2, 0.25) is 0 Å². The van der Waals surface area contributed by atoms with Gasteiger partial charge in [0.25, 0.3) is 0 Å². The Kier molecular flexibility index (Phi) is 7.89. The molecule has 1 aromatic rings. The zero-order valence-electron chi connectivity index (χ0n) is 14.5. The van der Waals surface area contributed by atoms with Crippen molar-refractivity contribution in [2.75, 3.05) is 11.1 Å². The van der Waals surface area contributed by atoms with E-state index in [9.17, 15) is 18.8 Å². The molecule has 0 aromatic heterocycles. The second-order valence-corrected chi connectivity index (χ2v) is 7.60. The number of carboxylic acids is 1. The first-order valence-electron chi connectivity index (χ1n) is 7.80. The molecule has 0 heterocycles. The van der Waals surface area contributed by atoms with E-state index in [1.54, 1.807) is 20.8 Å². The lowest BCUT2D eigenvalue weighted by Gasteiger charge is -2.27. The van der Waals surface area contributed by atoms with Gasteiger partial charge in [0, 0.05) is 17.6 Å². The van der Waals surface area contributed by atoms with Crippen LogP contribution in [0.3, 0.4) is 0 Å². The summed E-state index contributed by atoms with van der Waals surface area (Å²) in [5.74, 6) is -1.77. The highest BCUT2D eigenvalue weighted by molar-refractivity contribution is 8.01. The van der Waals surface area contributed by atoms with Gasteiger partial charge in [0.05, 0.1) is 11.0 Å². The molecule has 138 valence electrons. The van der Waals surface area contributed by atoms with Crippen molar-refractivity contribution in [3.05, 3.63) is 30.1 Å². The van der Waals surface area contributed by atoms with Gasteiger partial charge in [-0.05, 0) is 51.5 Å². The maximum absolute atomic E-state index is 12.8. The van der Waals surface area contributed by atoms with Gasteiger partial charge in [0.1, 0.15) is 5.82 Å². The van der Waals surface area contributed by atoms with Gasteiger partial charge in [0.15, 0.2) is 0 Å². The first kappa shape index (κ1) is 21.0. The summed E-state index contributed by atoms with van der Waals surface area (Å²) >= 11 is 1.17. The van der Waals surface area contributed by atoms with Gasteiger partial charge in [-0.1, -0.05) is 0 Å². The highest BCUT2D eigenvalue weighted by Gasteiger charge is 2.24. The molecule has 0 radical (unpaired) electrons. The van der Waals surface area contributed by atoms with E-state index in [4.69, 9.17) is 5.11 Å². The molecule has 1 rings (SSSR count). The quantitative estimate of drug-likeness (QED) is 0.621. The molecular weight excluding hydrogens is 347 g/mol. The number of rotatable bonds is 9. The number of hydrogen-bond acceptors (Lipinski definition) is 4. The van der Waals surface area contributed by atoms with Crippen molar-refractivity contribution in [3.63, 3.8) is 0 Å². The van der Waals surface area contributed by atoms with Crippen LogP contribution >= 0.6 is 11.8 Å². The first-order chi connectivity index (χ1) is 11.6. The minimum absolute atomic E-state index is 0.0329. The monoisotopic (exact) mass is 370 g/mol. The smallest absolute Gasteiger partial charge is 0.303 e. The summed E-state index contributed by atoms with van der Waals surface area (Å²) in [4.78, 5) is 34.7. The number of nitrogens with one attached hydrogen (secondary N) is 2. The summed E-state index contributed by atoms with van der Waals surface area (Å²) in [5, 5.41) is 13.7. The Morgan fingerprint density at radius 1 is 1.24 bits per heavy atom. The molecule has 0 spiro atoms. The Balaban J connectivity index is 2.40. The van der Waals surface area contributed by atoms with Crippen LogP contribution in [0.5, 0.6) is 0 Å². The summed E-state index contributed by atoms with van der Waals surface area (Å²) in [6.07, 6.45) is 0.283. The number of hydrogen-bond donors (Lipinski definition) is 3. The van der Waals surface area contributed by atoms with Crippen LogP contribution in [0.4, 0.5) is 10.1 Å². The van der Waals surface area contributed by atoms with Crippen LogP contribution in [-0.2, 0) is 14.4 Å². The third-order valence-electron chi connectivity index (χ3n) is 3.39. The molecule has 1 aromatic carbocycles. The topological polar surface area (TPSA) is 95.5 Å². The Morgan fingerprint density at radius 2 is 1.84 bits per heavy atom. The lowest BCUT2D eigenvalue weighted by Crippen LogP contribution is -2.46. The molecule has 0 bridgehead atoms. The summed E-state index contributed by atoms with van der Waals surface area (Å²) in [7, 11) is 0. The molecule has 0 saturated carbocycles. The average Bonchev–Trinajstić information content (AvgIpc) is 2.52. The highest BCUT2D eigenvalue weighted by Crippen LogP contribution is 2.16. The van der Waals surface area contributed by atoms with Crippen LogP contribution in [0.1, 0.15) is 33.6 Å². The van der Waals surface area contributed by atoms with Gasteiger partial charge in [-0.3, -0.25) is 14.4 Å². The second kappa shape index (κ2) is 9.41. The Hall–Kier alpha value is -2.09. The van der Waals surface area contributed by atoms with Crippen molar-refractivity contribution in [2.24, 2.45) is 0 Å². The molecule has 8 heteroatoms. The number of carboxylic acid groups (broad SMARTS) is 1. The lowest BCUT2D eigenvalue weighted by molar-refractivity contribution is -0.137. The van der Waals surface area contributed by atoms with Gasteiger partial charge >= 0.3 is 5.97 Å². The molecule has 0 aliphatic carbocycles. The van der Waals surface area contributed by atoms with Crippen molar-refractivity contribution in [1.82, 2.24) is 5.32 Å². The van der Waals surface area contributed by atoms with E-state index in [-0.39, 0.29) is 29.8 Å². The molecule has 3 N–H and O–H groups in total. The number of carbonyl (C=O) groups excluding carboxylic acids is 2. The Morgan fingerprint density at radius 3 is 2.40 bits per heavy atom. The van der Waals surface area contributed by atoms with Crippen LogP contribution < -0.4 is 10.6 Å². The summed E-state index contributed by atoms with van der Waals surface area (Å²) in [6.45, 7) is 5.19. The maximum atomic E-state index is 12.8. The number of carbonyl (C=O) groups is 3. The largest absolute Gasteiger partial charge is 0.481 e. The summed E-state index contributed by atoms with van der Waals surface area (Å²) in [6, 6.07) is 5.41. The van der Waals surface area contributed by atoms with Crippen molar-refractivity contribution < 1.29 is 23.9 Å². The molecule has 0 aliphatic rings. The minimum atomic E-state index is -0.915. The van der Waals surface area contributed by atoms with Gasteiger partial charge in [-0.2, -0.15) is 0 Å². The van der Waals surface area contributed by atoms with E-state index in [0.717, 1.165) is 0 Å². The predicted molar refractivity (Wildman–Crippen MR) is 96.0 cm³/mol. The molecule has 1 unspecified atom stereocenters. The normalized spacial score (nSPS) is 12.3. The fourth-order valence-corrected chi connectivity index (χ4v) is 2.61. The number of halogens is 1. The molecule has 6 nitrogen and oxygen atoms in total. The molecule has 0 aliphatic heterocycles. The van der Waals surface area contributed by atoms with E-state index < -0.39 is 16.8 Å². The van der Waals surface area contributed by atoms with E-state index in [2.05, 4.69) is 10.6 Å². The van der Waals surface area contributed by atoms with Crippen molar-refractivity contribution in [1.29, 1.82) is 0 Å². The number of aliphatic carboxylic acids is 1. The highest BCUT2D eigenvalue weighted by atomic mass is 32.2. The van der Waals surface area contributed by atoms with Crippen LogP contribution in [0.15, 0.2) is 24.3 Å².